The Morgan fingerprint density at radius 2 is 0.944 bits per heavy atom. The fourth-order valence-electron chi connectivity index (χ4n) is 7.07. The highest BCUT2D eigenvalue weighted by molar-refractivity contribution is 7.47. The largest absolute Gasteiger partial charge is 0.472 e. The van der Waals surface area contributed by atoms with Gasteiger partial charge in [0.25, 0.3) is 0 Å². The predicted octanol–water partition coefficient (Wildman–Crippen LogP) is 13.2. The molecular formula is C45H91N2O6P. The van der Waals surface area contributed by atoms with Crippen molar-refractivity contribution in [1.82, 2.24) is 5.32 Å². The maximum absolute atomic E-state index is 12.8. The number of hydrogen-bond donors (Lipinski definition) is 4. The third-order valence-corrected chi connectivity index (χ3v) is 11.6. The second-order valence-electron chi connectivity index (χ2n) is 16.0. The lowest BCUT2D eigenvalue weighted by Crippen LogP contribution is -2.45. The highest BCUT2D eigenvalue weighted by Crippen LogP contribution is 2.43. The summed E-state index contributed by atoms with van der Waals surface area (Å²) in [4.78, 5) is 22.7. The molecule has 1 amide bonds. The molecule has 9 heteroatoms. The molecule has 0 radical (unpaired) electrons. The Bertz CT molecular complexity index is 860. The van der Waals surface area contributed by atoms with Crippen LogP contribution < -0.4 is 11.1 Å². The van der Waals surface area contributed by atoms with Crippen LogP contribution >= 0.6 is 7.82 Å². The molecule has 5 N–H and O–H groups in total. The Hall–Kier alpha value is -0.760. The van der Waals surface area contributed by atoms with E-state index >= 15 is 0 Å². The normalized spacial score (nSPS) is 14.1. The molecule has 0 rings (SSSR count). The van der Waals surface area contributed by atoms with Gasteiger partial charge in [-0.15, -0.1) is 0 Å². The first-order valence-corrected chi connectivity index (χ1v) is 24.8. The Labute approximate surface area is 335 Å². The zero-order valence-electron chi connectivity index (χ0n) is 35.7. The highest BCUT2D eigenvalue weighted by Gasteiger charge is 2.26. The first kappa shape index (κ1) is 53.2. The monoisotopic (exact) mass is 787 g/mol. The topological polar surface area (TPSA) is 131 Å². The molecule has 3 unspecified atom stereocenters. The molecule has 0 fully saturated rings. The van der Waals surface area contributed by atoms with E-state index in [1.807, 2.05) is 6.08 Å². The van der Waals surface area contributed by atoms with Crippen molar-refractivity contribution in [3.63, 3.8) is 0 Å². The van der Waals surface area contributed by atoms with E-state index in [0.717, 1.165) is 38.5 Å². The first-order chi connectivity index (χ1) is 26.4. The highest BCUT2D eigenvalue weighted by atomic mass is 31.2. The number of rotatable bonds is 44. The summed E-state index contributed by atoms with van der Waals surface area (Å²) in [6, 6.07) is -0.854. The lowest BCUT2D eigenvalue weighted by atomic mass is 10.0. The van der Waals surface area contributed by atoms with Gasteiger partial charge in [-0.25, -0.2) is 4.57 Å². The zero-order chi connectivity index (χ0) is 39.6. The number of phosphoric acid groups is 1. The Morgan fingerprint density at radius 3 is 1.31 bits per heavy atom. The van der Waals surface area contributed by atoms with Crippen molar-refractivity contribution in [1.29, 1.82) is 0 Å². The van der Waals surface area contributed by atoms with Gasteiger partial charge in [0, 0.05) is 13.0 Å². The molecule has 0 aromatic heterocycles. The number of allylic oxidation sites excluding steroid dienone is 1. The van der Waals surface area contributed by atoms with Crippen molar-refractivity contribution in [2.24, 2.45) is 5.73 Å². The van der Waals surface area contributed by atoms with E-state index in [9.17, 15) is 19.4 Å². The molecule has 0 aliphatic rings. The number of nitrogens with one attached hydrogen (secondary N) is 1. The van der Waals surface area contributed by atoms with Gasteiger partial charge in [-0.05, 0) is 19.3 Å². The van der Waals surface area contributed by atoms with Gasteiger partial charge in [-0.3, -0.25) is 13.8 Å². The third-order valence-electron chi connectivity index (χ3n) is 10.6. The molecule has 0 aliphatic carbocycles. The van der Waals surface area contributed by atoms with Gasteiger partial charge >= 0.3 is 7.82 Å². The Kier molecular flexibility index (Phi) is 41.3. The van der Waals surface area contributed by atoms with Crippen molar-refractivity contribution in [3.8, 4) is 0 Å². The Balaban J connectivity index is 4.12. The van der Waals surface area contributed by atoms with Crippen LogP contribution in [-0.4, -0.2) is 47.8 Å². The van der Waals surface area contributed by atoms with Gasteiger partial charge in [0.1, 0.15) is 0 Å². The van der Waals surface area contributed by atoms with E-state index in [1.165, 1.54) is 180 Å². The summed E-state index contributed by atoms with van der Waals surface area (Å²) in [6.07, 6.45) is 46.9. The number of unbranched alkanes of at least 4 members (excludes halogenated alkanes) is 32. The lowest BCUT2D eigenvalue weighted by molar-refractivity contribution is -0.123. The van der Waals surface area contributed by atoms with Crippen molar-refractivity contribution < 1.29 is 28.4 Å². The zero-order valence-corrected chi connectivity index (χ0v) is 36.6. The van der Waals surface area contributed by atoms with Crippen LogP contribution in [0.2, 0.25) is 0 Å². The molecule has 0 aliphatic heterocycles. The van der Waals surface area contributed by atoms with Gasteiger partial charge in [0.15, 0.2) is 0 Å². The second kappa shape index (κ2) is 41.9. The van der Waals surface area contributed by atoms with Crippen molar-refractivity contribution in [2.75, 3.05) is 19.8 Å². The van der Waals surface area contributed by atoms with E-state index in [2.05, 4.69) is 19.2 Å². The van der Waals surface area contributed by atoms with Crippen LogP contribution in [-0.2, 0) is 18.4 Å². The number of aliphatic hydroxyl groups excluding tert-OH is 1. The van der Waals surface area contributed by atoms with Crippen LogP contribution in [0.3, 0.4) is 0 Å². The summed E-state index contributed by atoms with van der Waals surface area (Å²) < 4.78 is 22.2. The molecule has 0 bridgehead atoms. The quantitative estimate of drug-likeness (QED) is 0.0275. The summed E-state index contributed by atoms with van der Waals surface area (Å²) in [7, 11) is -4.33. The van der Waals surface area contributed by atoms with E-state index in [1.54, 1.807) is 6.08 Å². The molecule has 0 aromatic carbocycles. The van der Waals surface area contributed by atoms with E-state index in [4.69, 9.17) is 14.8 Å². The van der Waals surface area contributed by atoms with Gasteiger partial charge < -0.3 is 21.1 Å². The number of amides is 1. The number of carbonyl (C=O) groups excluding carboxylic acids is 1. The van der Waals surface area contributed by atoms with E-state index in [0.29, 0.717) is 6.42 Å². The number of hydrogen-bond acceptors (Lipinski definition) is 6. The molecular weight excluding hydrogens is 695 g/mol. The van der Waals surface area contributed by atoms with Crippen LogP contribution in [0.25, 0.3) is 0 Å². The average Bonchev–Trinajstić information content (AvgIpc) is 3.16. The summed E-state index contributed by atoms with van der Waals surface area (Å²) in [5.74, 6) is -0.190. The number of aliphatic hydroxyl groups is 1. The maximum atomic E-state index is 12.8. The lowest BCUT2D eigenvalue weighted by Gasteiger charge is -2.23. The SMILES string of the molecule is CCCCCCCCCCCCCCCCCCCCC/C=C/C(O)C(COP(=O)(O)OCCN)NC(=O)CCCCCCCCCCCCCCCC. The van der Waals surface area contributed by atoms with Crippen LogP contribution in [0.15, 0.2) is 12.2 Å². The van der Waals surface area contributed by atoms with E-state index in [-0.39, 0.29) is 25.7 Å². The van der Waals surface area contributed by atoms with Gasteiger partial charge in [-0.2, -0.15) is 0 Å². The van der Waals surface area contributed by atoms with Crippen molar-refractivity contribution in [3.05, 3.63) is 12.2 Å². The molecule has 3 atom stereocenters. The van der Waals surface area contributed by atoms with Crippen molar-refractivity contribution in [2.45, 2.75) is 251 Å². The molecule has 54 heavy (non-hydrogen) atoms. The maximum Gasteiger partial charge on any atom is 0.472 e. The van der Waals surface area contributed by atoms with Gasteiger partial charge in [-0.1, -0.05) is 225 Å². The van der Waals surface area contributed by atoms with Crippen LogP contribution in [0, 0.1) is 0 Å². The standard InChI is InChI=1S/C45H91N2O6P/c1-3-5-7-9-11-13-15-17-19-20-21-22-23-24-25-26-28-30-32-34-36-38-44(48)43(42-53-54(50,51)52-41-40-46)47-45(49)39-37-35-33-31-29-27-18-16-14-12-10-8-6-4-2/h36,38,43-44,48H,3-35,37,39-42,46H2,1-2H3,(H,47,49)(H,50,51)/b38-36+. The fourth-order valence-corrected chi connectivity index (χ4v) is 7.83. The average molecular weight is 787 g/mol. The fraction of sp³-hybridized carbons (Fsp3) is 0.933. The molecule has 0 saturated carbocycles. The molecule has 0 saturated heterocycles. The number of carbonyl (C=O) groups is 1. The van der Waals surface area contributed by atoms with Crippen LogP contribution in [0.5, 0.6) is 0 Å². The summed E-state index contributed by atoms with van der Waals surface area (Å²) in [5, 5.41) is 13.7. The molecule has 0 aromatic rings. The van der Waals surface area contributed by atoms with Crippen molar-refractivity contribution >= 4 is 13.7 Å². The third kappa shape index (κ3) is 39.5. The minimum absolute atomic E-state index is 0.0815. The molecule has 0 heterocycles. The molecule has 8 nitrogen and oxygen atoms in total. The van der Waals surface area contributed by atoms with Gasteiger partial charge in [0.05, 0.1) is 25.4 Å². The minimum Gasteiger partial charge on any atom is -0.387 e. The predicted molar refractivity (Wildman–Crippen MR) is 231 cm³/mol. The van der Waals surface area contributed by atoms with Gasteiger partial charge in [0.2, 0.25) is 5.91 Å². The second-order valence-corrected chi connectivity index (χ2v) is 17.4. The summed E-state index contributed by atoms with van der Waals surface area (Å²) in [5.41, 5.74) is 5.38. The summed E-state index contributed by atoms with van der Waals surface area (Å²) >= 11 is 0. The minimum atomic E-state index is -4.33. The molecule has 0 spiro atoms. The number of phosphoric ester groups is 1. The Morgan fingerprint density at radius 1 is 0.593 bits per heavy atom. The molecule has 322 valence electrons. The smallest absolute Gasteiger partial charge is 0.387 e. The number of nitrogens with two attached hydrogens (primary N) is 1. The van der Waals surface area contributed by atoms with Crippen LogP contribution in [0.1, 0.15) is 239 Å². The summed E-state index contributed by atoms with van der Waals surface area (Å²) in [6.45, 7) is 4.16. The van der Waals surface area contributed by atoms with E-state index < -0.39 is 20.0 Å². The van der Waals surface area contributed by atoms with Crippen LogP contribution in [0.4, 0.5) is 0 Å². The first-order valence-electron chi connectivity index (χ1n) is 23.3.